The molecule has 5 N–H and O–H groups in total. The van der Waals surface area contributed by atoms with Crippen LogP contribution in [0.25, 0.3) is 32.6 Å². The van der Waals surface area contributed by atoms with Crippen molar-refractivity contribution in [1.82, 2.24) is 30.5 Å². The average molecular weight is 970 g/mol. The molecule has 7 rings (SSSR count). The summed E-state index contributed by atoms with van der Waals surface area (Å²) in [6.07, 6.45) is 2.65. The van der Waals surface area contributed by atoms with Crippen molar-refractivity contribution >= 4 is 61.6 Å². The molecule has 358 valence electrons. The molecule has 1 unspecified atom stereocenters. The Morgan fingerprint density at radius 2 is 1.72 bits per heavy atom. The molecule has 15 nitrogen and oxygen atoms in total. The molecule has 1 saturated heterocycles. The number of H-pyrrole nitrogens is 1. The van der Waals surface area contributed by atoms with Crippen LogP contribution in [0, 0.1) is 24.0 Å². The number of hydrogen-bond acceptors (Lipinski definition) is 11. The van der Waals surface area contributed by atoms with Crippen molar-refractivity contribution in [2.75, 3.05) is 23.6 Å². The highest BCUT2D eigenvalue weighted by Crippen LogP contribution is 2.32. The minimum atomic E-state index is -3.92. The lowest BCUT2D eigenvalue weighted by Crippen LogP contribution is -2.57. The minimum absolute atomic E-state index is 0.0427. The van der Waals surface area contributed by atoms with Gasteiger partial charge in [-0.2, -0.15) is 0 Å². The van der Waals surface area contributed by atoms with Crippen molar-refractivity contribution in [1.29, 1.82) is 0 Å². The number of ketones is 1. The molecule has 1 aliphatic heterocycles. The topological polar surface area (TPSA) is 213 Å². The monoisotopic (exact) mass is 969 g/mol. The molecule has 1 fully saturated rings. The summed E-state index contributed by atoms with van der Waals surface area (Å²) in [5.41, 5.74) is 3.96. The third-order valence-corrected chi connectivity index (χ3v) is 14.0. The van der Waals surface area contributed by atoms with Crippen LogP contribution < -0.4 is 20.1 Å². The number of halogens is 2. The number of nitrogens with zero attached hydrogens (tertiary/aromatic N) is 3. The van der Waals surface area contributed by atoms with Crippen molar-refractivity contribution < 1.29 is 46.2 Å². The van der Waals surface area contributed by atoms with E-state index in [0.717, 1.165) is 33.8 Å². The number of hydrogen-bond donors (Lipinski definition) is 5. The summed E-state index contributed by atoms with van der Waals surface area (Å²) in [5, 5.41) is 16.7. The molecule has 0 bridgehead atoms. The first kappa shape index (κ1) is 49.3. The molecule has 19 heteroatoms. The molecular formula is C49H53F2N7O8S2. The maximum Gasteiger partial charge on any atom is 0.246 e. The Morgan fingerprint density at radius 3 is 2.40 bits per heavy atom. The van der Waals surface area contributed by atoms with Gasteiger partial charge in [0, 0.05) is 54.8 Å². The molecule has 0 saturated carbocycles. The van der Waals surface area contributed by atoms with E-state index in [1.165, 1.54) is 11.1 Å². The smallest absolute Gasteiger partial charge is 0.246 e. The van der Waals surface area contributed by atoms with Crippen LogP contribution in [0.15, 0.2) is 84.6 Å². The third kappa shape index (κ3) is 11.4. The molecule has 3 atom stereocenters. The van der Waals surface area contributed by atoms with E-state index in [1.54, 1.807) is 60.3 Å². The van der Waals surface area contributed by atoms with Crippen molar-refractivity contribution in [3.63, 3.8) is 0 Å². The highest BCUT2D eigenvalue weighted by atomic mass is 32.2. The number of carbonyl (C=O) groups is 4. The van der Waals surface area contributed by atoms with Crippen LogP contribution in [0.5, 0.6) is 5.75 Å². The fourth-order valence-corrected chi connectivity index (χ4v) is 9.93. The lowest BCUT2D eigenvalue weighted by Gasteiger charge is -2.35. The summed E-state index contributed by atoms with van der Waals surface area (Å²) in [6, 6.07) is 16.3. The zero-order valence-corrected chi connectivity index (χ0v) is 39.8. The summed E-state index contributed by atoms with van der Waals surface area (Å²) in [5.74, 6) is -4.51. The number of fused-ring (bicyclic) bond motifs is 1. The zero-order valence-electron chi connectivity index (χ0n) is 38.2. The van der Waals surface area contributed by atoms with Gasteiger partial charge in [0.25, 0.3) is 0 Å². The van der Waals surface area contributed by atoms with Crippen molar-refractivity contribution in [2.45, 2.75) is 85.0 Å². The second-order valence-corrected chi connectivity index (χ2v) is 20.5. The lowest BCUT2D eigenvalue weighted by molar-refractivity contribution is -0.144. The highest BCUT2D eigenvalue weighted by molar-refractivity contribution is 7.92. The van der Waals surface area contributed by atoms with Gasteiger partial charge in [0.2, 0.25) is 33.5 Å². The van der Waals surface area contributed by atoms with Crippen LogP contribution in [-0.4, -0.2) is 94.0 Å². The number of amides is 3. The number of likely N-dealkylation sites (tertiary alicyclic amines) is 1. The summed E-state index contributed by atoms with van der Waals surface area (Å²) >= 11 is 1.56. The second-order valence-electron chi connectivity index (χ2n) is 17.8. The van der Waals surface area contributed by atoms with Gasteiger partial charge in [-0.25, -0.2) is 27.2 Å². The van der Waals surface area contributed by atoms with Gasteiger partial charge in [-0.3, -0.25) is 23.9 Å². The van der Waals surface area contributed by atoms with Crippen molar-refractivity contribution in [2.24, 2.45) is 5.41 Å². The van der Waals surface area contributed by atoms with Crippen LogP contribution >= 0.6 is 11.3 Å². The van der Waals surface area contributed by atoms with Crippen molar-refractivity contribution in [3.05, 3.63) is 119 Å². The maximum absolute atomic E-state index is 15.5. The molecule has 6 aromatic rings. The number of carbonyl (C=O) groups excluding carboxylic acids is 4. The molecule has 3 aromatic carbocycles. The van der Waals surface area contributed by atoms with Crippen LogP contribution in [-0.2, 0) is 31.0 Å². The van der Waals surface area contributed by atoms with Gasteiger partial charge in [0.15, 0.2) is 5.82 Å². The third-order valence-electron chi connectivity index (χ3n) is 11.5. The number of sulfonamides is 1. The van der Waals surface area contributed by atoms with Gasteiger partial charge < -0.3 is 30.4 Å². The van der Waals surface area contributed by atoms with E-state index in [2.05, 4.69) is 30.3 Å². The molecule has 0 spiro atoms. The van der Waals surface area contributed by atoms with E-state index >= 15 is 4.39 Å². The van der Waals surface area contributed by atoms with Gasteiger partial charge in [0.05, 0.1) is 45.8 Å². The summed E-state index contributed by atoms with van der Waals surface area (Å²) in [7, 11) is -3.92. The first-order valence-corrected chi connectivity index (χ1v) is 24.6. The van der Waals surface area contributed by atoms with E-state index in [4.69, 9.17) is 4.74 Å². The number of β-amino-alcohol motifs (C(OH)–C–C–N with tert-alkyl or cyclic N) is 1. The first-order valence-electron chi connectivity index (χ1n) is 22.1. The molecule has 68 heavy (non-hydrogen) atoms. The maximum atomic E-state index is 15.5. The lowest BCUT2D eigenvalue weighted by atomic mass is 9.85. The minimum Gasteiger partial charge on any atom is -0.494 e. The summed E-state index contributed by atoms with van der Waals surface area (Å²) in [4.78, 5) is 68.4. The number of benzene rings is 3. The van der Waals surface area contributed by atoms with Crippen LogP contribution in [0.2, 0.25) is 0 Å². The number of nitrogens with one attached hydrogen (secondary N) is 4. The molecule has 3 amide bonds. The number of anilines is 1. The van der Waals surface area contributed by atoms with Crippen LogP contribution in [0.1, 0.15) is 80.6 Å². The van der Waals surface area contributed by atoms with E-state index < -0.39 is 74.1 Å². The predicted molar refractivity (Wildman–Crippen MR) is 255 cm³/mol. The number of aliphatic hydroxyl groups is 1. The molecular weight excluding hydrogens is 917 g/mol. The number of aliphatic hydroxyl groups excluding tert-OH is 1. The zero-order chi connectivity index (χ0) is 48.9. The normalized spacial score (nSPS) is 15.6. The fourth-order valence-electron chi connectivity index (χ4n) is 7.99. The van der Waals surface area contributed by atoms with E-state index in [0.29, 0.717) is 28.9 Å². The highest BCUT2D eigenvalue weighted by Gasteiger charge is 2.44. The summed E-state index contributed by atoms with van der Waals surface area (Å²) < 4.78 is 63.1. The number of aromatic nitrogens is 3. The molecule has 0 aliphatic carbocycles. The van der Waals surface area contributed by atoms with Gasteiger partial charge in [-0.15, -0.1) is 11.3 Å². The fraction of sp³-hybridized carbons (Fsp3) is 0.347. The predicted octanol–water partition coefficient (Wildman–Crippen LogP) is 7.29. The van der Waals surface area contributed by atoms with E-state index in [9.17, 15) is 37.1 Å². The Morgan fingerprint density at radius 1 is 1.00 bits per heavy atom. The molecule has 3 aromatic heterocycles. The Hall–Kier alpha value is -6.57. The SMILES string of the molecule is CCCS(=O)(=O)Nc1ccc(F)c(C(=O)c2c[nH]c3ncc(-c4ccc(OCCCC(=O)NC(C(=O)N5C[C@@H](O)C[C@H]5C(=O)NCc5ccc(-c6scnc6C)cc5)C(C)(C)C)cc4)cc23)c1F. The van der Waals surface area contributed by atoms with Crippen LogP contribution in [0.4, 0.5) is 14.5 Å². The number of aryl methyl sites for hydroxylation is 1. The number of pyridine rings is 1. The molecule has 0 radical (unpaired) electrons. The van der Waals surface area contributed by atoms with Gasteiger partial charge in [-0.1, -0.05) is 64.1 Å². The Bertz CT molecular complexity index is 2930. The Balaban J connectivity index is 0.923. The Kier molecular flexibility index (Phi) is 15.1. The van der Waals surface area contributed by atoms with Gasteiger partial charge >= 0.3 is 0 Å². The second kappa shape index (κ2) is 20.7. The quantitative estimate of drug-likeness (QED) is 0.0429. The number of ether oxygens (including phenoxy) is 1. The first-order chi connectivity index (χ1) is 32.3. The number of rotatable bonds is 18. The van der Waals surface area contributed by atoms with Crippen LogP contribution in [0.3, 0.4) is 0 Å². The van der Waals surface area contributed by atoms with E-state index in [1.807, 2.05) is 52.0 Å². The molecule has 4 heterocycles. The van der Waals surface area contributed by atoms with Crippen molar-refractivity contribution in [3.8, 4) is 27.3 Å². The average Bonchev–Trinajstić information content (AvgIpc) is 4.04. The van der Waals surface area contributed by atoms with Gasteiger partial charge in [0.1, 0.15) is 29.3 Å². The largest absolute Gasteiger partial charge is 0.494 e. The van der Waals surface area contributed by atoms with Gasteiger partial charge in [-0.05, 0) is 72.2 Å². The van der Waals surface area contributed by atoms with E-state index in [-0.39, 0.29) is 61.6 Å². The molecule has 1 aliphatic rings. The number of thiazole rings is 1. The Labute approximate surface area is 396 Å². The standard InChI is InChI=1S/C49H53F2N7O8S2/c1-6-20-68(64,65)57-38-18-17-37(50)41(42(38)51)43(61)36-25-53-46-35(36)21-32(24-52-46)30-13-15-34(16-14-30)66-19-7-8-40(60)56-45(49(3,4)5)48(63)58-26-33(59)22-39(58)47(62)54-23-29-9-11-31(12-10-29)44-28(2)55-27-67-44/h9-18,21,24-25,27,33,39,45,57,59H,6-8,19-20,22-23,26H2,1-5H3,(H,52,53)(H,54,62)(H,56,60)/t33-,39-,45?/m0/s1. The summed E-state index contributed by atoms with van der Waals surface area (Å²) in [6.45, 7) is 9.41. The number of aromatic amines is 1.